The highest BCUT2D eigenvalue weighted by Gasteiger charge is 2.38. The number of aromatic nitrogens is 4. The van der Waals surface area contributed by atoms with E-state index in [2.05, 4.69) is 30.4 Å². The fourth-order valence-electron chi connectivity index (χ4n) is 4.54. The first-order chi connectivity index (χ1) is 23.1. The van der Waals surface area contributed by atoms with E-state index in [1.807, 2.05) is 4.90 Å². The molecule has 0 radical (unpaired) electrons. The van der Waals surface area contributed by atoms with E-state index in [0.29, 0.717) is 35.0 Å². The van der Waals surface area contributed by atoms with Gasteiger partial charge in [-0.2, -0.15) is 13.2 Å². The Kier molecular flexibility index (Phi) is 11.8. The first kappa shape index (κ1) is 36.6. The number of hydrogen-bond acceptors (Lipinski definition) is 10. The number of alkyl halides is 6. The zero-order valence-electron chi connectivity index (χ0n) is 25.0. The summed E-state index contributed by atoms with van der Waals surface area (Å²) in [4.78, 5) is 35.7. The van der Waals surface area contributed by atoms with Gasteiger partial charge in [-0.25, -0.2) is 9.18 Å². The third-order valence-corrected chi connectivity index (χ3v) is 7.78. The van der Waals surface area contributed by atoms with Gasteiger partial charge in [0.15, 0.2) is 11.6 Å². The second kappa shape index (κ2) is 15.8. The van der Waals surface area contributed by atoms with Crippen LogP contribution in [-0.4, -0.2) is 68.8 Å². The SMILES string of the molecule is O=C(Cc1nnc(C2CCN(c3ccc(NC(=O)Cc4cccc(OC(F)(F)F)c4)nn3)C2)s1)Cc1ccccc1F.O=C(O)C(F)(F)F. The average molecular weight is 715 g/mol. The Morgan fingerprint density at radius 3 is 2.31 bits per heavy atom. The minimum atomic E-state index is -5.08. The van der Waals surface area contributed by atoms with E-state index in [-0.39, 0.29) is 36.8 Å². The lowest BCUT2D eigenvalue weighted by atomic mass is 10.1. The van der Waals surface area contributed by atoms with Crippen LogP contribution < -0.4 is 15.0 Å². The molecule has 19 heteroatoms. The Morgan fingerprint density at radius 2 is 1.65 bits per heavy atom. The lowest BCUT2D eigenvalue weighted by molar-refractivity contribution is -0.274. The molecule has 49 heavy (non-hydrogen) atoms. The summed E-state index contributed by atoms with van der Waals surface area (Å²) >= 11 is 1.37. The number of benzene rings is 2. The van der Waals surface area contributed by atoms with Crippen molar-refractivity contribution in [2.45, 2.75) is 44.1 Å². The molecule has 1 saturated heterocycles. The molecule has 2 aromatic heterocycles. The van der Waals surface area contributed by atoms with Crippen molar-refractivity contribution in [3.8, 4) is 5.75 Å². The first-order valence-electron chi connectivity index (χ1n) is 14.2. The Balaban J connectivity index is 0.000000698. The molecule has 0 spiro atoms. The molecule has 3 heterocycles. The van der Waals surface area contributed by atoms with Crippen LogP contribution in [0.5, 0.6) is 5.75 Å². The van der Waals surface area contributed by atoms with Gasteiger partial charge in [0, 0.05) is 25.4 Å². The van der Waals surface area contributed by atoms with E-state index < -0.39 is 36.0 Å². The van der Waals surface area contributed by atoms with Crippen LogP contribution in [-0.2, 0) is 33.6 Å². The molecular formula is C30H25F7N6O5S. The van der Waals surface area contributed by atoms with Gasteiger partial charge in [-0.1, -0.05) is 30.3 Å². The Labute approximate surface area is 276 Å². The minimum Gasteiger partial charge on any atom is -0.475 e. The normalized spacial score (nSPS) is 14.5. The van der Waals surface area contributed by atoms with Gasteiger partial charge in [0.25, 0.3) is 0 Å². The summed E-state index contributed by atoms with van der Waals surface area (Å²) in [5.41, 5.74) is 0.700. The molecule has 2 N–H and O–H groups in total. The standard InChI is InChI=1S/C28H24F4N6O3S.C2HF3O2/c29-22-7-2-1-5-18(22)14-20(39)15-26-36-37-27(42-26)19-10-11-38(16-19)24-9-8-23(34-35-24)33-25(40)13-17-4-3-6-21(12-17)41-28(30,31)32;3-2(4,5)1(6)7/h1-9,12,19H,10-11,13-16H2,(H,33,34,40);(H,6,7). The van der Waals surface area contributed by atoms with E-state index in [9.17, 15) is 40.3 Å². The zero-order chi connectivity index (χ0) is 35.8. The largest absolute Gasteiger partial charge is 0.573 e. The number of aliphatic carboxylic acids is 1. The quantitative estimate of drug-likeness (QED) is 0.201. The third kappa shape index (κ3) is 11.5. The molecule has 5 rings (SSSR count). The van der Waals surface area contributed by atoms with Crippen LogP contribution >= 0.6 is 11.3 Å². The molecule has 1 unspecified atom stereocenters. The molecule has 4 aromatic rings. The number of halogens is 7. The highest BCUT2D eigenvalue weighted by molar-refractivity contribution is 7.11. The monoisotopic (exact) mass is 714 g/mol. The second-order valence-electron chi connectivity index (χ2n) is 10.4. The topological polar surface area (TPSA) is 148 Å². The van der Waals surface area contributed by atoms with Crippen LogP contribution in [0.4, 0.5) is 42.4 Å². The van der Waals surface area contributed by atoms with Gasteiger partial charge in [0.05, 0.1) is 12.8 Å². The Morgan fingerprint density at radius 1 is 0.918 bits per heavy atom. The fraction of sp³-hybridized carbons (Fsp3) is 0.300. The second-order valence-corrected chi connectivity index (χ2v) is 11.5. The fourth-order valence-corrected chi connectivity index (χ4v) is 5.54. The van der Waals surface area contributed by atoms with E-state index in [1.54, 1.807) is 30.3 Å². The highest BCUT2D eigenvalue weighted by atomic mass is 32.1. The van der Waals surface area contributed by atoms with Crippen molar-refractivity contribution in [1.29, 1.82) is 0 Å². The van der Waals surface area contributed by atoms with Gasteiger partial charge in [-0.3, -0.25) is 9.59 Å². The molecule has 260 valence electrons. The number of carboxylic acids is 1. The molecule has 1 aliphatic rings. The van der Waals surface area contributed by atoms with E-state index in [4.69, 9.17) is 9.90 Å². The molecule has 0 bridgehead atoms. The third-order valence-electron chi connectivity index (χ3n) is 6.69. The number of amides is 1. The summed E-state index contributed by atoms with van der Waals surface area (Å²) in [6, 6.07) is 14.7. The van der Waals surface area contributed by atoms with Crippen LogP contribution in [0.1, 0.15) is 33.5 Å². The zero-order valence-corrected chi connectivity index (χ0v) is 25.8. The van der Waals surface area contributed by atoms with Gasteiger partial charge < -0.3 is 20.1 Å². The smallest absolute Gasteiger partial charge is 0.475 e. The van der Waals surface area contributed by atoms with Crippen LogP contribution in [0.3, 0.4) is 0 Å². The van der Waals surface area contributed by atoms with Crippen LogP contribution in [0.25, 0.3) is 0 Å². The van der Waals surface area contributed by atoms with Crippen molar-refractivity contribution < 1.29 is 55.0 Å². The highest BCUT2D eigenvalue weighted by Crippen LogP contribution is 2.32. The lowest BCUT2D eigenvalue weighted by Gasteiger charge is -2.16. The summed E-state index contributed by atoms with van der Waals surface area (Å²) in [7, 11) is 0. The maximum absolute atomic E-state index is 13.8. The summed E-state index contributed by atoms with van der Waals surface area (Å²) in [6.07, 6.45) is -9.19. The van der Waals surface area contributed by atoms with Crippen LogP contribution in [0, 0.1) is 5.82 Å². The molecular weight excluding hydrogens is 689 g/mol. The maximum Gasteiger partial charge on any atom is 0.573 e. The van der Waals surface area contributed by atoms with Crippen molar-refractivity contribution in [3.05, 3.63) is 87.6 Å². The van der Waals surface area contributed by atoms with Gasteiger partial charge >= 0.3 is 18.5 Å². The number of hydrogen-bond donors (Lipinski definition) is 2. The molecule has 1 atom stereocenters. The van der Waals surface area contributed by atoms with E-state index in [1.165, 1.54) is 29.5 Å². The molecule has 1 fully saturated rings. The minimum absolute atomic E-state index is 0.00197. The number of carbonyl (C=O) groups is 3. The number of nitrogens with one attached hydrogen (secondary N) is 1. The van der Waals surface area contributed by atoms with Crippen molar-refractivity contribution in [3.63, 3.8) is 0 Å². The molecule has 0 aliphatic carbocycles. The van der Waals surface area contributed by atoms with Crippen molar-refractivity contribution in [2.75, 3.05) is 23.3 Å². The lowest BCUT2D eigenvalue weighted by Crippen LogP contribution is -2.21. The van der Waals surface area contributed by atoms with Gasteiger partial charge in [-0.15, -0.1) is 44.9 Å². The maximum atomic E-state index is 13.8. The molecule has 2 aromatic carbocycles. The summed E-state index contributed by atoms with van der Waals surface area (Å²) in [5.74, 6) is -3.27. The molecule has 1 amide bonds. The average Bonchev–Trinajstić information content (AvgIpc) is 3.68. The molecule has 1 aliphatic heterocycles. The van der Waals surface area contributed by atoms with Crippen LogP contribution in [0.15, 0.2) is 60.7 Å². The number of nitrogens with zero attached hydrogens (tertiary/aromatic N) is 5. The summed E-state index contributed by atoms with van der Waals surface area (Å²) in [5, 5.41) is 27.8. The van der Waals surface area contributed by atoms with Gasteiger partial charge in [0.1, 0.15) is 27.4 Å². The number of Topliss-reactive ketones (excluding diaryl/α,β-unsaturated/α-hetero) is 1. The summed E-state index contributed by atoms with van der Waals surface area (Å²) < 4.78 is 86.8. The predicted molar refractivity (Wildman–Crippen MR) is 159 cm³/mol. The summed E-state index contributed by atoms with van der Waals surface area (Å²) in [6.45, 7) is 1.32. The van der Waals surface area contributed by atoms with Crippen LogP contribution in [0.2, 0.25) is 0 Å². The number of anilines is 2. The number of rotatable bonds is 10. The number of ether oxygens (including phenoxy) is 1. The number of carboxylic acid groups (broad SMARTS) is 1. The number of carbonyl (C=O) groups excluding carboxylic acids is 2. The number of ketones is 1. The Hall–Kier alpha value is -5.20. The predicted octanol–water partition coefficient (Wildman–Crippen LogP) is 5.53. The van der Waals surface area contributed by atoms with Gasteiger partial charge in [0.2, 0.25) is 5.91 Å². The Bertz CT molecular complexity index is 1770. The van der Waals surface area contributed by atoms with Gasteiger partial charge in [-0.05, 0) is 47.9 Å². The van der Waals surface area contributed by atoms with Crippen molar-refractivity contribution in [2.24, 2.45) is 0 Å². The van der Waals surface area contributed by atoms with E-state index >= 15 is 0 Å². The van der Waals surface area contributed by atoms with Crippen molar-refractivity contribution >= 4 is 40.6 Å². The molecule has 0 saturated carbocycles. The van der Waals surface area contributed by atoms with E-state index in [0.717, 1.165) is 23.6 Å². The van der Waals surface area contributed by atoms with Crippen molar-refractivity contribution in [1.82, 2.24) is 20.4 Å². The first-order valence-corrected chi connectivity index (χ1v) is 15.0. The molecule has 11 nitrogen and oxygen atoms in total.